The van der Waals surface area contributed by atoms with Crippen molar-refractivity contribution in [2.45, 2.75) is 32.1 Å². The normalized spacial score (nSPS) is 18.9. The lowest BCUT2D eigenvalue weighted by Crippen LogP contribution is -2.39. The maximum Gasteiger partial charge on any atom is 0.317 e. The van der Waals surface area contributed by atoms with Crippen LogP contribution in [0.15, 0.2) is 0 Å². The van der Waals surface area contributed by atoms with Gasteiger partial charge in [-0.25, -0.2) is 4.79 Å². The number of hydrogen-bond donors (Lipinski definition) is 3. The van der Waals surface area contributed by atoms with Crippen molar-refractivity contribution in [3.63, 3.8) is 0 Å². The number of nitrogens with one attached hydrogen (secondary N) is 1. The number of amides is 2. The van der Waals surface area contributed by atoms with Gasteiger partial charge >= 0.3 is 12.0 Å². The number of carboxylic acids is 1. The third-order valence-corrected chi connectivity index (χ3v) is 3.25. The first-order chi connectivity index (χ1) is 8.63. The van der Waals surface area contributed by atoms with E-state index in [1.807, 2.05) is 0 Å². The molecule has 1 aliphatic rings. The highest BCUT2D eigenvalue weighted by atomic mass is 16.4. The third-order valence-electron chi connectivity index (χ3n) is 3.25. The molecule has 6 heteroatoms. The molecule has 0 aromatic rings. The minimum Gasteiger partial charge on any atom is -0.481 e. The van der Waals surface area contributed by atoms with Crippen LogP contribution in [0.5, 0.6) is 0 Å². The summed E-state index contributed by atoms with van der Waals surface area (Å²) in [6.07, 6.45) is 3.52. The average Bonchev–Trinajstić information content (AvgIpc) is 2.81. The molecule has 0 spiro atoms. The second-order valence-corrected chi connectivity index (χ2v) is 4.77. The molecule has 18 heavy (non-hydrogen) atoms. The van der Waals surface area contributed by atoms with Crippen LogP contribution in [-0.2, 0) is 4.79 Å². The standard InChI is InChI=1S/C12H23N3O3/c13-8-10-5-7-15(9-10)12(18)14-6-3-1-2-4-11(16)17/h10H,1-9,13H2,(H,14,18)(H,16,17). The molecule has 4 N–H and O–H groups in total. The zero-order chi connectivity index (χ0) is 13.4. The fourth-order valence-electron chi connectivity index (χ4n) is 2.09. The van der Waals surface area contributed by atoms with Crippen LogP contribution < -0.4 is 11.1 Å². The van der Waals surface area contributed by atoms with Gasteiger partial charge in [0.15, 0.2) is 0 Å². The first-order valence-corrected chi connectivity index (χ1v) is 6.58. The number of carboxylic acid groups (broad SMARTS) is 1. The first-order valence-electron chi connectivity index (χ1n) is 6.58. The van der Waals surface area contributed by atoms with Gasteiger partial charge in [0.25, 0.3) is 0 Å². The fourth-order valence-corrected chi connectivity index (χ4v) is 2.09. The Balaban J connectivity index is 2.02. The quantitative estimate of drug-likeness (QED) is 0.583. The minimum atomic E-state index is -0.760. The maximum absolute atomic E-state index is 11.7. The lowest BCUT2D eigenvalue weighted by molar-refractivity contribution is -0.137. The number of unbranched alkanes of at least 4 members (excludes halogenated alkanes) is 2. The van der Waals surface area contributed by atoms with Crippen molar-refractivity contribution in [2.75, 3.05) is 26.2 Å². The lowest BCUT2D eigenvalue weighted by atomic mass is 10.1. The topological polar surface area (TPSA) is 95.7 Å². The van der Waals surface area contributed by atoms with Crippen LogP contribution in [0, 0.1) is 5.92 Å². The molecule has 2 amide bonds. The molecule has 1 atom stereocenters. The Labute approximate surface area is 108 Å². The van der Waals surface area contributed by atoms with Gasteiger partial charge in [-0.1, -0.05) is 6.42 Å². The van der Waals surface area contributed by atoms with E-state index in [-0.39, 0.29) is 12.5 Å². The zero-order valence-electron chi connectivity index (χ0n) is 10.7. The van der Waals surface area contributed by atoms with Crippen molar-refractivity contribution >= 4 is 12.0 Å². The number of hydrogen-bond acceptors (Lipinski definition) is 3. The molecule has 1 heterocycles. The summed E-state index contributed by atoms with van der Waals surface area (Å²) in [5.74, 6) is -0.324. The maximum atomic E-state index is 11.7. The summed E-state index contributed by atoms with van der Waals surface area (Å²) < 4.78 is 0. The van der Waals surface area contributed by atoms with Crippen LogP contribution in [-0.4, -0.2) is 48.2 Å². The molecule has 104 valence electrons. The van der Waals surface area contributed by atoms with E-state index < -0.39 is 5.97 Å². The van der Waals surface area contributed by atoms with Crippen LogP contribution in [0.25, 0.3) is 0 Å². The molecule has 1 fully saturated rings. The SMILES string of the molecule is NCC1CCN(C(=O)NCCCCCC(=O)O)C1. The summed E-state index contributed by atoms with van der Waals surface area (Å²) in [7, 11) is 0. The second-order valence-electron chi connectivity index (χ2n) is 4.77. The van der Waals surface area contributed by atoms with Crippen molar-refractivity contribution in [1.82, 2.24) is 10.2 Å². The van der Waals surface area contributed by atoms with Crippen LogP contribution in [0.4, 0.5) is 4.79 Å². The Morgan fingerprint density at radius 1 is 1.33 bits per heavy atom. The van der Waals surface area contributed by atoms with E-state index in [1.165, 1.54) is 0 Å². The molecule has 0 radical (unpaired) electrons. The molecule has 6 nitrogen and oxygen atoms in total. The van der Waals surface area contributed by atoms with Crippen LogP contribution in [0.2, 0.25) is 0 Å². The van der Waals surface area contributed by atoms with Crippen molar-refractivity contribution in [1.29, 1.82) is 0 Å². The van der Waals surface area contributed by atoms with Gasteiger partial charge in [-0.2, -0.15) is 0 Å². The monoisotopic (exact) mass is 257 g/mol. The number of carbonyl (C=O) groups is 2. The Bertz CT molecular complexity index is 284. The Hall–Kier alpha value is -1.30. The van der Waals surface area contributed by atoms with E-state index >= 15 is 0 Å². The number of nitrogens with two attached hydrogens (primary N) is 1. The second kappa shape index (κ2) is 7.92. The average molecular weight is 257 g/mol. The van der Waals surface area contributed by atoms with Crippen LogP contribution in [0.1, 0.15) is 32.1 Å². The highest BCUT2D eigenvalue weighted by Crippen LogP contribution is 2.14. The summed E-state index contributed by atoms with van der Waals surface area (Å²) >= 11 is 0. The predicted molar refractivity (Wildman–Crippen MR) is 68.2 cm³/mol. The van der Waals surface area contributed by atoms with Gasteiger partial charge in [0.1, 0.15) is 0 Å². The van der Waals surface area contributed by atoms with E-state index in [4.69, 9.17) is 10.8 Å². The number of nitrogens with zero attached hydrogens (tertiary/aromatic N) is 1. The van der Waals surface area contributed by atoms with E-state index in [0.29, 0.717) is 25.4 Å². The fraction of sp³-hybridized carbons (Fsp3) is 0.833. The van der Waals surface area contributed by atoms with Crippen LogP contribution in [0.3, 0.4) is 0 Å². The molecule has 0 aromatic heterocycles. The Morgan fingerprint density at radius 3 is 2.72 bits per heavy atom. The van der Waals surface area contributed by atoms with Gasteiger partial charge in [-0.15, -0.1) is 0 Å². The van der Waals surface area contributed by atoms with Gasteiger partial charge in [-0.3, -0.25) is 4.79 Å². The predicted octanol–water partition coefficient (Wildman–Crippen LogP) is 0.622. The molecule has 1 saturated heterocycles. The number of rotatable bonds is 7. The van der Waals surface area contributed by atoms with Crippen LogP contribution >= 0.6 is 0 Å². The molecule has 0 aromatic carbocycles. The smallest absolute Gasteiger partial charge is 0.317 e. The molecule has 1 rings (SSSR count). The van der Waals surface area contributed by atoms with Crippen molar-refractivity contribution in [3.8, 4) is 0 Å². The minimum absolute atomic E-state index is 0.0239. The van der Waals surface area contributed by atoms with Gasteiger partial charge in [0.05, 0.1) is 0 Å². The van der Waals surface area contributed by atoms with Gasteiger partial charge in [0.2, 0.25) is 0 Å². The van der Waals surface area contributed by atoms with E-state index in [1.54, 1.807) is 4.90 Å². The zero-order valence-corrected chi connectivity index (χ0v) is 10.7. The molecule has 0 bridgehead atoms. The third kappa shape index (κ3) is 5.35. The summed E-state index contributed by atoms with van der Waals surface area (Å²) in [5, 5.41) is 11.3. The van der Waals surface area contributed by atoms with Crippen molar-refractivity contribution in [3.05, 3.63) is 0 Å². The Kier molecular flexibility index (Phi) is 6.49. The van der Waals surface area contributed by atoms with Gasteiger partial charge < -0.3 is 21.1 Å². The number of urea groups is 1. The van der Waals surface area contributed by atoms with E-state index in [9.17, 15) is 9.59 Å². The van der Waals surface area contributed by atoms with Gasteiger partial charge in [0, 0.05) is 26.1 Å². The molecule has 1 aliphatic heterocycles. The van der Waals surface area contributed by atoms with E-state index in [0.717, 1.165) is 32.4 Å². The number of aliphatic carboxylic acids is 1. The lowest BCUT2D eigenvalue weighted by Gasteiger charge is -2.17. The molecule has 0 aliphatic carbocycles. The first kappa shape index (κ1) is 14.8. The van der Waals surface area contributed by atoms with Gasteiger partial charge in [-0.05, 0) is 31.7 Å². The van der Waals surface area contributed by atoms with E-state index in [2.05, 4.69) is 5.32 Å². The molecule has 0 saturated carbocycles. The highest BCUT2D eigenvalue weighted by Gasteiger charge is 2.24. The number of carbonyl (C=O) groups excluding carboxylic acids is 1. The molecular formula is C12H23N3O3. The summed E-state index contributed by atoms with van der Waals surface area (Å²) in [6.45, 7) is 2.79. The van der Waals surface area contributed by atoms with Crippen molar-refractivity contribution in [2.24, 2.45) is 11.7 Å². The molecular weight excluding hydrogens is 234 g/mol. The summed E-state index contributed by atoms with van der Waals surface area (Å²) in [4.78, 5) is 23.8. The summed E-state index contributed by atoms with van der Waals surface area (Å²) in [5.41, 5.74) is 5.57. The van der Waals surface area contributed by atoms with Crippen molar-refractivity contribution < 1.29 is 14.7 Å². The highest BCUT2D eigenvalue weighted by molar-refractivity contribution is 5.74. The molecule has 1 unspecified atom stereocenters. The number of likely N-dealkylation sites (tertiary alicyclic amines) is 1. The largest absolute Gasteiger partial charge is 0.481 e. The summed E-state index contributed by atoms with van der Waals surface area (Å²) in [6, 6.07) is -0.0239. The Morgan fingerprint density at radius 2 is 2.11 bits per heavy atom.